The van der Waals surface area contributed by atoms with Crippen LogP contribution in [0.4, 0.5) is 5.69 Å². The highest BCUT2D eigenvalue weighted by molar-refractivity contribution is 6.03. The van der Waals surface area contributed by atoms with Crippen LogP contribution in [0.5, 0.6) is 0 Å². The van der Waals surface area contributed by atoms with E-state index >= 15 is 0 Å². The van der Waals surface area contributed by atoms with Gasteiger partial charge in [-0.1, -0.05) is 17.9 Å². The second-order valence-corrected chi connectivity index (χ2v) is 4.07. The molecule has 20 heavy (non-hydrogen) atoms. The van der Waals surface area contributed by atoms with Crippen molar-refractivity contribution in [3.8, 4) is 11.8 Å². The van der Waals surface area contributed by atoms with E-state index in [1.807, 2.05) is 13.0 Å². The van der Waals surface area contributed by atoms with Gasteiger partial charge in [-0.25, -0.2) is 9.97 Å². The third-order valence-corrected chi connectivity index (χ3v) is 2.62. The van der Waals surface area contributed by atoms with E-state index in [-0.39, 0.29) is 12.5 Å². The van der Waals surface area contributed by atoms with Crippen molar-refractivity contribution >= 4 is 11.6 Å². The number of aliphatic hydroxyl groups is 1. The lowest BCUT2D eigenvalue weighted by atomic mass is 10.1. The molecule has 5 nitrogen and oxygen atoms in total. The van der Waals surface area contributed by atoms with Crippen LogP contribution in [0.3, 0.4) is 0 Å². The minimum atomic E-state index is -0.282. The molecule has 0 aliphatic heterocycles. The number of hydrogen-bond donors (Lipinski definition) is 2. The summed E-state index contributed by atoms with van der Waals surface area (Å²) in [6.07, 6.45) is 4.26. The molecule has 0 aliphatic rings. The third-order valence-electron chi connectivity index (χ3n) is 2.62. The second-order valence-electron chi connectivity index (χ2n) is 4.07. The lowest BCUT2D eigenvalue weighted by Gasteiger charge is -2.06. The Balaban J connectivity index is 2.20. The van der Waals surface area contributed by atoms with Gasteiger partial charge in [0.1, 0.15) is 12.9 Å². The molecule has 2 N–H and O–H groups in total. The number of aromatic nitrogens is 2. The molecule has 0 aliphatic carbocycles. The highest BCUT2D eigenvalue weighted by Crippen LogP contribution is 2.15. The summed E-state index contributed by atoms with van der Waals surface area (Å²) in [6.45, 7) is 1.72. The molecule has 0 fully saturated rings. The Morgan fingerprint density at radius 1 is 1.35 bits per heavy atom. The zero-order valence-electron chi connectivity index (χ0n) is 10.9. The summed E-state index contributed by atoms with van der Waals surface area (Å²) in [6, 6.07) is 5.42. The van der Waals surface area contributed by atoms with Crippen molar-refractivity contribution in [3.63, 3.8) is 0 Å². The number of aryl methyl sites for hydroxylation is 1. The van der Waals surface area contributed by atoms with Crippen molar-refractivity contribution in [1.29, 1.82) is 0 Å². The fraction of sp³-hybridized carbons (Fsp3) is 0.133. The first kappa shape index (κ1) is 13.7. The fourth-order valence-corrected chi connectivity index (χ4v) is 1.59. The van der Waals surface area contributed by atoms with E-state index in [0.29, 0.717) is 11.3 Å². The van der Waals surface area contributed by atoms with Crippen molar-refractivity contribution in [2.75, 3.05) is 11.9 Å². The second kappa shape index (κ2) is 6.45. The van der Waals surface area contributed by atoms with Gasteiger partial charge in [0, 0.05) is 23.6 Å². The normalized spacial score (nSPS) is 9.50. The summed E-state index contributed by atoms with van der Waals surface area (Å²) in [7, 11) is 0. The van der Waals surface area contributed by atoms with Crippen LogP contribution in [-0.2, 0) is 0 Å². The molecule has 1 heterocycles. The Morgan fingerprint density at radius 3 is 2.80 bits per heavy atom. The molecule has 2 rings (SSSR count). The number of nitrogens with one attached hydrogen (secondary N) is 1. The van der Waals surface area contributed by atoms with E-state index in [1.165, 1.54) is 18.7 Å². The van der Waals surface area contributed by atoms with Gasteiger partial charge in [0.15, 0.2) is 0 Å². The summed E-state index contributed by atoms with van der Waals surface area (Å²) in [4.78, 5) is 19.6. The molecule has 0 saturated heterocycles. The lowest BCUT2D eigenvalue weighted by molar-refractivity contribution is 0.102. The number of carbonyl (C=O) groups is 1. The predicted octanol–water partition coefficient (Wildman–Crippen LogP) is 1.38. The first-order valence-corrected chi connectivity index (χ1v) is 5.97. The molecule has 1 aromatic carbocycles. The van der Waals surface area contributed by atoms with E-state index in [0.717, 1.165) is 11.1 Å². The Labute approximate surface area is 116 Å². The summed E-state index contributed by atoms with van der Waals surface area (Å²) < 4.78 is 0. The van der Waals surface area contributed by atoms with E-state index in [2.05, 4.69) is 27.1 Å². The largest absolute Gasteiger partial charge is 0.384 e. The Kier molecular flexibility index (Phi) is 4.43. The van der Waals surface area contributed by atoms with Crippen LogP contribution in [0, 0.1) is 18.8 Å². The number of nitrogens with zero attached hydrogens (tertiary/aromatic N) is 2. The predicted molar refractivity (Wildman–Crippen MR) is 75.1 cm³/mol. The molecule has 2 aromatic rings. The fourth-order valence-electron chi connectivity index (χ4n) is 1.59. The van der Waals surface area contributed by atoms with Gasteiger partial charge in [0.05, 0.1) is 5.56 Å². The smallest absolute Gasteiger partial charge is 0.258 e. The molecule has 1 aromatic heterocycles. The molecule has 0 atom stereocenters. The van der Waals surface area contributed by atoms with Crippen LogP contribution in [0.1, 0.15) is 21.5 Å². The lowest BCUT2D eigenvalue weighted by Crippen LogP contribution is -2.12. The highest BCUT2D eigenvalue weighted by atomic mass is 16.2. The molecule has 1 amide bonds. The molecule has 0 unspecified atom stereocenters. The average molecular weight is 267 g/mol. The van der Waals surface area contributed by atoms with Crippen molar-refractivity contribution in [1.82, 2.24) is 9.97 Å². The van der Waals surface area contributed by atoms with Crippen LogP contribution in [0.2, 0.25) is 0 Å². The Bertz CT molecular complexity index is 673. The summed E-state index contributed by atoms with van der Waals surface area (Å²) in [5.74, 6) is 5.15. The van der Waals surface area contributed by atoms with E-state index < -0.39 is 0 Å². The Hall–Kier alpha value is -2.71. The number of rotatable bonds is 2. The molecule has 5 heteroatoms. The molecular formula is C15H13N3O2. The van der Waals surface area contributed by atoms with Gasteiger partial charge in [-0.2, -0.15) is 0 Å². The number of carbonyl (C=O) groups excluding carboxylic acids is 1. The minimum Gasteiger partial charge on any atom is -0.384 e. The SMILES string of the molecule is Cc1ccc(NC(=O)c2cncnc2)cc1C#CCO. The summed E-state index contributed by atoms with van der Waals surface area (Å²) in [5, 5.41) is 11.5. The first-order valence-electron chi connectivity index (χ1n) is 5.97. The summed E-state index contributed by atoms with van der Waals surface area (Å²) >= 11 is 0. The quantitative estimate of drug-likeness (QED) is 0.806. The van der Waals surface area contributed by atoms with Gasteiger partial charge >= 0.3 is 0 Å². The molecular weight excluding hydrogens is 254 g/mol. The molecule has 0 saturated carbocycles. The molecule has 0 spiro atoms. The van der Waals surface area contributed by atoms with Crippen LogP contribution in [-0.4, -0.2) is 27.6 Å². The van der Waals surface area contributed by atoms with Crippen LogP contribution >= 0.6 is 0 Å². The average Bonchev–Trinajstić information content (AvgIpc) is 2.48. The monoisotopic (exact) mass is 267 g/mol. The van der Waals surface area contributed by atoms with Crippen molar-refractivity contribution in [2.24, 2.45) is 0 Å². The third kappa shape index (κ3) is 3.40. The maximum Gasteiger partial charge on any atom is 0.258 e. The number of anilines is 1. The van der Waals surface area contributed by atoms with Crippen LogP contribution < -0.4 is 5.32 Å². The zero-order chi connectivity index (χ0) is 14.4. The number of hydrogen-bond acceptors (Lipinski definition) is 4. The van der Waals surface area contributed by atoms with Crippen LogP contribution in [0.15, 0.2) is 36.9 Å². The van der Waals surface area contributed by atoms with Crippen molar-refractivity contribution in [2.45, 2.75) is 6.92 Å². The standard InChI is InChI=1S/C15H13N3O2/c1-11-4-5-14(7-12(11)3-2-6-19)18-15(20)13-8-16-10-17-9-13/h4-5,7-10,19H,6H2,1H3,(H,18,20). The zero-order valence-corrected chi connectivity index (χ0v) is 10.9. The van der Waals surface area contributed by atoms with Gasteiger partial charge < -0.3 is 10.4 Å². The van der Waals surface area contributed by atoms with Gasteiger partial charge in [-0.15, -0.1) is 0 Å². The van der Waals surface area contributed by atoms with Gasteiger partial charge in [-0.05, 0) is 24.6 Å². The highest BCUT2D eigenvalue weighted by Gasteiger charge is 2.07. The first-order chi connectivity index (χ1) is 9.70. The minimum absolute atomic E-state index is 0.197. The van der Waals surface area contributed by atoms with Gasteiger partial charge in [0.2, 0.25) is 0 Å². The van der Waals surface area contributed by atoms with Crippen LogP contribution in [0.25, 0.3) is 0 Å². The number of amides is 1. The van der Waals surface area contributed by atoms with Gasteiger partial charge in [0.25, 0.3) is 5.91 Å². The van der Waals surface area contributed by atoms with Crippen molar-refractivity contribution in [3.05, 3.63) is 53.6 Å². The topological polar surface area (TPSA) is 75.1 Å². The maximum atomic E-state index is 12.0. The van der Waals surface area contributed by atoms with E-state index in [4.69, 9.17) is 5.11 Å². The summed E-state index contributed by atoms with van der Waals surface area (Å²) in [5.41, 5.74) is 2.76. The van der Waals surface area contributed by atoms with E-state index in [1.54, 1.807) is 12.1 Å². The van der Waals surface area contributed by atoms with Gasteiger partial charge in [-0.3, -0.25) is 4.79 Å². The van der Waals surface area contributed by atoms with Crippen molar-refractivity contribution < 1.29 is 9.90 Å². The maximum absolute atomic E-state index is 12.0. The molecule has 0 bridgehead atoms. The number of aliphatic hydroxyl groups excluding tert-OH is 1. The molecule has 0 radical (unpaired) electrons. The Morgan fingerprint density at radius 2 is 2.10 bits per heavy atom. The number of benzene rings is 1. The van der Waals surface area contributed by atoms with E-state index in [9.17, 15) is 4.79 Å². The molecule has 100 valence electrons.